The molecule has 1 aliphatic rings. The number of hydrogen-bond acceptors (Lipinski definition) is 3. The van der Waals surface area contributed by atoms with E-state index in [0.717, 1.165) is 12.1 Å². The second kappa shape index (κ2) is 5.83. The Hall–Kier alpha value is -1.22. The van der Waals surface area contributed by atoms with Gasteiger partial charge in [0.05, 0.1) is 7.11 Å². The van der Waals surface area contributed by atoms with Crippen LogP contribution in [0.4, 0.5) is 0 Å². The van der Waals surface area contributed by atoms with E-state index in [9.17, 15) is 5.11 Å². The van der Waals surface area contributed by atoms with Crippen molar-refractivity contribution in [2.75, 3.05) is 7.11 Å². The van der Waals surface area contributed by atoms with Crippen LogP contribution in [0.25, 0.3) is 0 Å². The Labute approximate surface area is 116 Å². The monoisotopic (exact) mass is 263 g/mol. The fourth-order valence-corrected chi connectivity index (χ4v) is 2.97. The molecule has 0 spiro atoms. The summed E-state index contributed by atoms with van der Waals surface area (Å²) in [6, 6.07) is 6.14. The third-order valence-electron chi connectivity index (χ3n) is 4.04. The highest BCUT2D eigenvalue weighted by Crippen LogP contribution is 2.35. The summed E-state index contributed by atoms with van der Waals surface area (Å²) in [4.78, 5) is 0. The summed E-state index contributed by atoms with van der Waals surface area (Å²) in [5.41, 5.74) is 1.61. The van der Waals surface area contributed by atoms with Gasteiger partial charge >= 0.3 is 0 Å². The summed E-state index contributed by atoms with van der Waals surface area (Å²) in [7, 11) is 1.58. The molecule has 0 radical (unpaired) electrons. The van der Waals surface area contributed by atoms with Crippen molar-refractivity contribution in [2.45, 2.75) is 52.1 Å². The number of phenols is 1. The quantitative estimate of drug-likeness (QED) is 0.874. The zero-order valence-corrected chi connectivity index (χ0v) is 12.2. The first-order valence-electron chi connectivity index (χ1n) is 7.09. The molecule has 0 aliphatic heterocycles. The van der Waals surface area contributed by atoms with Crippen LogP contribution in [-0.4, -0.2) is 18.3 Å². The Bertz CT molecular complexity index is 429. The fourth-order valence-electron chi connectivity index (χ4n) is 2.97. The van der Waals surface area contributed by atoms with Gasteiger partial charge in [0, 0.05) is 12.6 Å². The van der Waals surface area contributed by atoms with Crippen LogP contribution in [0.3, 0.4) is 0 Å². The van der Waals surface area contributed by atoms with Crippen LogP contribution in [-0.2, 0) is 6.54 Å². The minimum absolute atomic E-state index is 0.199. The standard InChI is InChI=1S/C16H25NO2/c1-16(2)8-4-5-13(10-16)17-11-12-6-7-14(18)15(9-12)19-3/h6-7,9,13,17-18H,4-5,8,10-11H2,1-3H3. The zero-order valence-electron chi connectivity index (χ0n) is 12.2. The number of aromatic hydroxyl groups is 1. The molecule has 1 unspecified atom stereocenters. The maximum Gasteiger partial charge on any atom is 0.160 e. The highest BCUT2D eigenvalue weighted by atomic mass is 16.5. The van der Waals surface area contributed by atoms with Crippen molar-refractivity contribution in [2.24, 2.45) is 5.41 Å². The van der Waals surface area contributed by atoms with E-state index in [1.807, 2.05) is 12.1 Å². The molecule has 1 fully saturated rings. The highest BCUT2D eigenvalue weighted by molar-refractivity contribution is 5.41. The van der Waals surface area contributed by atoms with Crippen molar-refractivity contribution in [3.8, 4) is 11.5 Å². The van der Waals surface area contributed by atoms with Gasteiger partial charge in [0.2, 0.25) is 0 Å². The van der Waals surface area contributed by atoms with Crippen LogP contribution in [0.5, 0.6) is 11.5 Å². The van der Waals surface area contributed by atoms with Crippen molar-refractivity contribution in [3.05, 3.63) is 23.8 Å². The summed E-state index contributed by atoms with van der Waals surface area (Å²) in [5, 5.41) is 13.2. The van der Waals surface area contributed by atoms with Crippen LogP contribution in [0, 0.1) is 5.41 Å². The first-order valence-corrected chi connectivity index (χ1v) is 7.09. The third-order valence-corrected chi connectivity index (χ3v) is 4.04. The predicted octanol–water partition coefficient (Wildman–Crippen LogP) is 3.46. The lowest BCUT2D eigenvalue weighted by Crippen LogP contribution is -2.36. The van der Waals surface area contributed by atoms with Gasteiger partial charge in [-0.25, -0.2) is 0 Å². The fraction of sp³-hybridized carbons (Fsp3) is 0.625. The summed E-state index contributed by atoms with van der Waals surface area (Å²) >= 11 is 0. The second-order valence-electron chi connectivity index (χ2n) is 6.34. The molecule has 1 saturated carbocycles. The molecule has 1 aromatic rings. The van der Waals surface area contributed by atoms with Gasteiger partial charge in [-0.15, -0.1) is 0 Å². The summed E-state index contributed by atoms with van der Waals surface area (Å²) in [6.45, 7) is 5.53. The van der Waals surface area contributed by atoms with Gasteiger partial charge in [-0.1, -0.05) is 26.3 Å². The minimum Gasteiger partial charge on any atom is -0.504 e. The Morgan fingerprint density at radius 2 is 2.21 bits per heavy atom. The van der Waals surface area contributed by atoms with E-state index >= 15 is 0 Å². The van der Waals surface area contributed by atoms with Gasteiger partial charge in [0.1, 0.15) is 0 Å². The predicted molar refractivity (Wildman–Crippen MR) is 77.5 cm³/mol. The molecule has 0 saturated heterocycles. The molecule has 3 nitrogen and oxygen atoms in total. The van der Waals surface area contributed by atoms with E-state index in [0.29, 0.717) is 17.2 Å². The zero-order chi connectivity index (χ0) is 13.9. The third kappa shape index (κ3) is 3.87. The number of methoxy groups -OCH3 is 1. The molecule has 1 atom stereocenters. The molecule has 0 bridgehead atoms. The largest absolute Gasteiger partial charge is 0.504 e. The SMILES string of the molecule is COc1cc(CNC2CCCC(C)(C)C2)ccc1O. The number of phenolic OH excluding ortho intramolecular Hbond substituents is 1. The second-order valence-corrected chi connectivity index (χ2v) is 6.34. The molecule has 0 amide bonds. The Morgan fingerprint density at radius 1 is 1.42 bits per heavy atom. The maximum absolute atomic E-state index is 9.58. The lowest BCUT2D eigenvalue weighted by molar-refractivity contribution is 0.197. The Balaban J connectivity index is 1.91. The summed E-state index contributed by atoms with van der Waals surface area (Å²) in [6.07, 6.45) is 5.14. The van der Waals surface area contributed by atoms with Crippen molar-refractivity contribution in [1.82, 2.24) is 5.32 Å². The number of hydrogen-bond donors (Lipinski definition) is 2. The van der Waals surface area contributed by atoms with Crippen LogP contribution in [0.15, 0.2) is 18.2 Å². The smallest absolute Gasteiger partial charge is 0.160 e. The molecule has 19 heavy (non-hydrogen) atoms. The van der Waals surface area contributed by atoms with E-state index in [1.54, 1.807) is 13.2 Å². The van der Waals surface area contributed by atoms with Crippen molar-refractivity contribution >= 4 is 0 Å². The summed E-state index contributed by atoms with van der Waals surface area (Å²) < 4.78 is 5.13. The van der Waals surface area contributed by atoms with Crippen molar-refractivity contribution < 1.29 is 9.84 Å². The van der Waals surface area contributed by atoms with E-state index in [-0.39, 0.29) is 5.75 Å². The van der Waals surface area contributed by atoms with Gasteiger partial charge in [0.25, 0.3) is 0 Å². The van der Waals surface area contributed by atoms with Gasteiger partial charge < -0.3 is 15.2 Å². The molecular weight excluding hydrogens is 238 g/mol. The molecule has 106 valence electrons. The number of ether oxygens (including phenoxy) is 1. The molecule has 0 heterocycles. The summed E-state index contributed by atoms with van der Waals surface area (Å²) in [5.74, 6) is 0.744. The Morgan fingerprint density at radius 3 is 2.89 bits per heavy atom. The average molecular weight is 263 g/mol. The first kappa shape index (κ1) is 14.2. The molecule has 3 heteroatoms. The molecule has 2 N–H and O–H groups in total. The molecule has 1 aliphatic carbocycles. The van der Waals surface area contributed by atoms with Crippen LogP contribution >= 0.6 is 0 Å². The number of nitrogens with one attached hydrogen (secondary N) is 1. The van der Waals surface area contributed by atoms with Crippen LogP contribution in [0.1, 0.15) is 45.1 Å². The highest BCUT2D eigenvalue weighted by Gasteiger charge is 2.27. The van der Waals surface area contributed by atoms with E-state index < -0.39 is 0 Å². The Kier molecular flexibility index (Phi) is 4.35. The van der Waals surface area contributed by atoms with Crippen molar-refractivity contribution in [1.29, 1.82) is 0 Å². The molecular formula is C16H25NO2. The van der Waals surface area contributed by atoms with Gasteiger partial charge in [0.15, 0.2) is 11.5 Å². The van der Waals surface area contributed by atoms with Crippen molar-refractivity contribution in [3.63, 3.8) is 0 Å². The molecule has 0 aromatic heterocycles. The van der Waals surface area contributed by atoms with Gasteiger partial charge in [-0.3, -0.25) is 0 Å². The van der Waals surface area contributed by atoms with Gasteiger partial charge in [-0.05, 0) is 42.4 Å². The normalized spacial score (nSPS) is 22.2. The lowest BCUT2D eigenvalue weighted by atomic mass is 9.75. The molecule has 1 aromatic carbocycles. The number of rotatable bonds is 4. The minimum atomic E-state index is 0.199. The van der Waals surface area contributed by atoms with Gasteiger partial charge in [-0.2, -0.15) is 0 Å². The van der Waals surface area contributed by atoms with E-state index in [2.05, 4.69) is 19.2 Å². The topological polar surface area (TPSA) is 41.5 Å². The molecule has 2 rings (SSSR count). The number of benzene rings is 1. The first-order chi connectivity index (χ1) is 9.00. The lowest BCUT2D eigenvalue weighted by Gasteiger charge is -2.35. The van der Waals surface area contributed by atoms with Crippen LogP contribution < -0.4 is 10.1 Å². The van der Waals surface area contributed by atoms with E-state index in [4.69, 9.17) is 4.74 Å². The maximum atomic E-state index is 9.58. The van der Waals surface area contributed by atoms with Crippen LogP contribution in [0.2, 0.25) is 0 Å². The van der Waals surface area contributed by atoms with E-state index in [1.165, 1.54) is 25.7 Å². The average Bonchev–Trinajstić information content (AvgIpc) is 2.36.